The highest BCUT2D eigenvalue weighted by molar-refractivity contribution is 7.16. The van der Waals surface area contributed by atoms with Gasteiger partial charge in [0.15, 0.2) is 0 Å². The Bertz CT molecular complexity index is 686. The Morgan fingerprint density at radius 3 is 2.95 bits per heavy atom. The van der Waals surface area contributed by atoms with Crippen LogP contribution in [-0.4, -0.2) is 35.3 Å². The minimum Gasteiger partial charge on any atom is -0.370 e. The van der Waals surface area contributed by atoms with Crippen molar-refractivity contribution in [2.75, 3.05) is 24.6 Å². The molecular weight excluding hydrogens is 282 g/mol. The first-order valence-electron chi connectivity index (χ1n) is 7.51. The molecule has 4 rings (SSSR count). The summed E-state index contributed by atoms with van der Waals surface area (Å²) in [5.41, 5.74) is 1.44. The van der Waals surface area contributed by atoms with Crippen molar-refractivity contribution < 1.29 is 4.74 Å². The van der Waals surface area contributed by atoms with E-state index in [9.17, 15) is 0 Å². The number of anilines is 1. The van der Waals surface area contributed by atoms with Gasteiger partial charge in [-0.3, -0.25) is 0 Å². The minimum absolute atomic E-state index is 0.0281. The summed E-state index contributed by atoms with van der Waals surface area (Å²) in [6.07, 6.45) is 7.19. The second-order valence-electron chi connectivity index (χ2n) is 5.98. The maximum absolute atomic E-state index is 6.10. The monoisotopic (exact) mass is 301 g/mol. The largest absolute Gasteiger partial charge is 0.370 e. The van der Waals surface area contributed by atoms with Crippen molar-refractivity contribution in [1.82, 2.24) is 9.97 Å². The van der Waals surface area contributed by atoms with Crippen LogP contribution in [-0.2, 0) is 4.74 Å². The maximum atomic E-state index is 6.10. The van der Waals surface area contributed by atoms with Gasteiger partial charge >= 0.3 is 0 Å². The first kappa shape index (κ1) is 13.2. The van der Waals surface area contributed by atoms with Crippen LogP contribution in [0.25, 0.3) is 10.2 Å². The summed E-state index contributed by atoms with van der Waals surface area (Å²) >= 11 is 1.68. The molecule has 0 saturated carbocycles. The van der Waals surface area contributed by atoms with Gasteiger partial charge in [0.25, 0.3) is 0 Å². The molecule has 0 amide bonds. The summed E-state index contributed by atoms with van der Waals surface area (Å²) < 4.78 is 6.10. The number of hydrogen-bond acceptors (Lipinski definition) is 5. The van der Waals surface area contributed by atoms with E-state index in [1.807, 2.05) is 0 Å². The summed E-state index contributed by atoms with van der Waals surface area (Å²) in [7, 11) is 0. The lowest BCUT2D eigenvalue weighted by atomic mass is 9.87. The van der Waals surface area contributed by atoms with Gasteiger partial charge in [0.2, 0.25) is 0 Å². The first-order chi connectivity index (χ1) is 10.3. The van der Waals surface area contributed by atoms with Crippen molar-refractivity contribution in [2.24, 2.45) is 0 Å². The molecular formula is C16H19N3OS. The van der Waals surface area contributed by atoms with E-state index in [1.54, 1.807) is 17.7 Å². The maximum Gasteiger partial charge on any atom is 0.140 e. The lowest BCUT2D eigenvalue weighted by Gasteiger charge is -2.42. The fourth-order valence-electron chi connectivity index (χ4n) is 3.39. The molecule has 4 heterocycles. The Balaban J connectivity index is 1.58. The third-order valence-electron chi connectivity index (χ3n) is 4.55. The molecule has 0 atom stereocenters. The highest BCUT2D eigenvalue weighted by atomic mass is 32.1. The lowest BCUT2D eigenvalue weighted by Crippen LogP contribution is -2.46. The molecule has 2 aromatic rings. The molecule has 0 aromatic carbocycles. The SMILES string of the molecule is CC1=CC2(CCN(c3ncnc4sccc34)CC2)OCC1. The minimum atomic E-state index is -0.0281. The standard InChI is InChI=1S/C16H19N3OS/c1-12-2-8-20-16(10-12)4-6-19(7-5-16)14-13-3-9-21-15(13)18-11-17-14/h3,9-11H,2,4-8H2,1H3. The molecule has 1 fully saturated rings. The number of ether oxygens (including phenoxy) is 1. The van der Waals surface area contributed by atoms with Gasteiger partial charge in [-0.2, -0.15) is 0 Å². The van der Waals surface area contributed by atoms with Gasteiger partial charge in [0, 0.05) is 13.1 Å². The van der Waals surface area contributed by atoms with Crippen LogP contribution in [0.5, 0.6) is 0 Å². The Morgan fingerprint density at radius 2 is 2.14 bits per heavy atom. The van der Waals surface area contributed by atoms with Crippen LogP contribution in [0.2, 0.25) is 0 Å². The molecule has 0 N–H and O–H groups in total. The molecule has 5 heteroatoms. The van der Waals surface area contributed by atoms with Gasteiger partial charge < -0.3 is 9.64 Å². The van der Waals surface area contributed by atoms with Crippen LogP contribution >= 0.6 is 11.3 Å². The zero-order valence-electron chi connectivity index (χ0n) is 12.2. The van der Waals surface area contributed by atoms with Crippen LogP contribution in [0, 0.1) is 0 Å². The van der Waals surface area contributed by atoms with E-state index in [2.05, 4.69) is 39.3 Å². The molecule has 110 valence electrons. The summed E-state index contributed by atoms with van der Waals surface area (Å²) in [6, 6.07) is 2.13. The topological polar surface area (TPSA) is 38.2 Å². The third kappa shape index (κ3) is 2.34. The highest BCUT2D eigenvalue weighted by Gasteiger charge is 2.36. The molecule has 1 saturated heterocycles. The van der Waals surface area contributed by atoms with E-state index in [4.69, 9.17) is 4.74 Å². The molecule has 0 unspecified atom stereocenters. The number of nitrogens with zero attached hydrogens (tertiary/aromatic N) is 3. The van der Waals surface area contributed by atoms with E-state index < -0.39 is 0 Å². The molecule has 21 heavy (non-hydrogen) atoms. The van der Waals surface area contributed by atoms with Crippen molar-refractivity contribution in [3.63, 3.8) is 0 Å². The average Bonchev–Trinajstić information content (AvgIpc) is 2.96. The number of rotatable bonds is 1. The van der Waals surface area contributed by atoms with E-state index in [0.29, 0.717) is 0 Å². The van der Waals surface area contributed by atoms with E-state index >= 15 is 0 Å². The van der Waals surface area contributed by atoms with Gasteiger partial charge in [-0.05, 0) is 37.6 Å². The van der Waals surface area contributed by atoms with Gasteiger partial charge in [-0.1, -0.05) is 11.6 Å². The van der Waals surface area contributed by atoms with Crippen molar-refractivity contribution in [2.45, 2.75) is 31.8 Å². The Labute approximate surface area is 128 Å². The van der Waals surface area contributed by atoms with Crippen molar-refractivity contribution in [3.8, 4) is 0 Å². The van der Waals surface area contributed by atoms with E-state index in [1.165, 1.54) is 11.0 Å². The Morgan fingerprint density at radius 1 is 1.29 bits per heavy atom. The third-order valence-corrected chi connectivity index (χ3v) is 5.37. The van der Waals surface area contributed by atoms with Gasteiger partial charge in [-0.25, -0.2) is 9.97 Å². The number of fused-ring (bicyclic) bond motifs is 1. The second-order valence-corrected chi connectivity index (χ2v) is 6.87. The number of hydrogen-bond donors (Lipinski definition) is 0. The van der Waals surface area contributed by atoms with E-state index in [0.717, 1.165) is 49.6 Å². The van der Waals surface area contributed by atoms with Crippen LogP contribution in [0.1, 0.15) is 26.2 Å². The number of thiophene rings is 1. The van der Waals surface area contributed by atoms with Crippen molar-refractivity contribution in [3.05, 3.63) is 29.4 Å². The Kier molecular flexibility index (Phi) is 3.19. The summed E-state index contributed by atoms with van der Waals surface area (Å²) in [5, 5.41) is 3.26. The molecule has 0 aliphatic carbocycles. The fourth-order valence-corrected chi connectivity index (χ4v) is 4.12. The molecule has 4 nitrogen and oxygen atoms in total. The lowest BCUT2D eigenvalue weighted by molar-refractivity contribution is -0.0326. The smallest absolute Gasteiger partial charge is 0.140 e. The van der Waals surface area contributed by atoms with Gasteiger partial charge in [0.1, 0.15) is 17.0 Å². The zero-order valence-corrected chi connectivity index (χ0v) is 13.0. The first-order valence-corrected chi connectivity index (χ1v) is 8.39. The fraction of sp³-hybridized carbons (Fsp3) is 0.500. The number of aromatic nitrogens is 2. The summed E-state index contributed by atoms with van der Waals surface area (Å²) in [5.74, 6) is 1.08. The van der Waals surface area contributed by atoms with Gasteiger partial charge in [0.05, 0.1) is 17.6 Å². The molecule has 1 spiro atoms. The molecule has 0 bridgehead atoms. The summed E-state index contributed by atoms with van der Waals surface area (Å²) in [6.45, 7) is 5.07. The van der Waals surface area contributed by atoms with Crippen LogP contribution in [0.3, 0.4) is 0 Å². The average molecular weight is 301 g/mol. The van der Waals surface area contributed by atoms with Crippen LogP contribution in [0.4, 0.5) is 5.82 Å². The van der Waals surface area contributed by atoms with Crippen molar-refractivity contribution in [1.29, 1.82) is 0 Å². The molecule has 2 aliphatic heterocycles. The highest BCUT2D eigenvalue weighted by Crippen LogP contribution is 2.36. The Hall–Kier alpha value is -1.46. The van der Waals surface area contributed by atoms with Gasteiger partial charge in [-0.15, -0.1) is 11.3 Å². The predicted molar refractivity (Wildman–Crippen MR) is 85.9 cm³/mol. The van der Waals surface area contributed by atoms with Crippen molar-refractivity contribution >= 4 is 27.4 Å². The quantitative estimate of drug-likeness (QED) is 0.757. The second kappa shape index (κ2) is 5.07. The normalized spacial score (nSPS) is 21.8. The van der Waals surface area contributed by atoms with E-state index in [-0.39, 0.29) is 5.60 Å². The predicted octanol–water partition coefficient (Wildman–Crippen LogP) is 3.40. The molecule has 2 aromatic heterocycles. The number of piperidine rings is 1. The molecule has 0 radical (unpaired) electrons. The van der Waals surface area contributed by atoms with Crippen LogP contribution in [0.15, 0.2) is 29.4 Å². The zero-order chi connectivity index (χ0) is 14.3. The molecule has 2 aliphatic rings. The van der Waals surface area contributed by atoms with Crippen LogP contribution < -0.4 is 4.90 Å². The summed E-state index contributed by atoms with van der Waals surface area (Å²) in [4.78, 5) is 12.3.